The van der Waals surface area contributed by atoms with E-state index in [1.54, 1.807) is 21.6 Å². The van der Waals surface area contributed by atoms with Crippen LogP contribution in [0.2, 0.25) is 0 Å². The Morgan fingerprint density at radius 1 is 1.00 bits per heavy atom. The van der Waals surface area contributed by atoms with Crippen LogP contribution in [0.5, 0.6) is 0 Å². The molecule has 0 aliphatic carbocycles. The van der Waals surface area contributed by atoms with Gasteiger partial charge in [-0.25, -0.2) is 0 Å². The Kier molecular flexibility index (Phi) is 6.82. The van der Waals surface area contributed by atoms with Gasteiger partial charge in [-0.1, -0.05) is 35.4 Å². The maximum Gasteiger partial charge on any atom is 0.218 e. The first-order valence-electron chi connectivity index (χ1n) is 4.30. The highest BCUT2D eigenvalue weighted by molar-refractivity contribution is 8.77. The molecule has 0 rings (SSSR count). The quantitative estimate of drug-likeness (QED) is 0.643. The number of amides is 2. The second-order valence-electron chi connectivity index (χ2n) is 3.15. The average molecular weight is 236 g/mol. The minimum absolute atomic E-state index is 0.174. The van der Waals surface area contributed by atoms with Crippen molar-refractivity contribution in [3.05, 3.63) is 0 Å². The van der Waals surface area contributed by atoms with Gasteiger partial charge in [0.25, 0.3) is 0 Å². The lowest BCUT2D eigenvalue weighted by Crippen LogP contribution is -2.17. The summed E-state index contributed by atoms with van der Waals surface area (Å²) in [5.41, 5.74) is 10.1. The summed E-state index contributed by atoms with van der Waals surface area (Å²) >= 11 is 0. The molecule has 0 aromatic rings. The van der Waals surface area contributed by atoms with Crippen LogP contribution in [0.4, 0.5) is 0 Å². The van der Waals surface area contributed by atoms with Crippen LogP contribution < -0.4 is 11.5 Å². The van der Waals surface area contributed by atoms with Gasteiger partial charge in [0.15, 0.2) is 0 Å². The summed E-state index contributed by atoms with van der Waals surface area (Å²) in [6, 6.07) is 0. The molecule has 0 aliphatic rings. The van der Waals surface area contributed by atoms with Crippen molar-refractivity contribution in [2.45, 2.75) is 37.2 Å². The monoisotopic (exact) mass is 236 g/mol. The van der Waals surface area contributed by atoms with Crippen molar-refractivity contribution in [2.24, 2.45) is 11.5 Å². The molecule has 0 saturated heterocycles. The molecule has 0 spiro atoms. The topological polar surface area (TPSA) is 86.2 Å². The minimum Gasteiger partial charge on any atom is -0.370 e. The molecule has 2 unspecified atom stereocenters. The Morgan fingerprint density at radius 2 is 1.29 bits per heavy atom. The largest absolute Gasteiger partial charge is 0.370 e. The molecule has 0 fully saturated rings. The summed E-state index contributed by atoms with van der Waals surface area (Å²) in [7, 11) is 3.13. The van der Waals surface area contributed by atoms with Gasteiger partial charge in [-0.15, -0.1) is 0 Å². The maximum atomic E-state index is 10.6. The summed E-state index contributed by atoms with van der Waals surface area (Å²) in [6.45, 7) is 3.86. The van der Waals surface area contributed by atoms with Crippen LogP contribution in [0.1, 0.15) is 26.7 Å². The zero-order chi connectivity index (χ0) is 11.1. The molecule has 2 atom stereocenters. The first-order chi connectivity index (χ1) is 6.41. The molecule has 6 heteroatoms. The van der Waals surface area contributed by atoms with Crippen molar-refractivity contribution in [2.75, 3.05) is 0 Å². The Labute approximate surface area is 91.9 Å². The normalized spacial score (nSPS) is 14.7. The number of hydrogen-bond donors (Lipinski definition) is 2. The van der Waals surface area contributed by atoms with Crippen LogP contribution in [0.25, 0.3) is 0 Å². The van der Waals surface area contributed by atoms with Gasteiger partial charge >= 0.3 is 0 Å². The van der Waals surface area contributed by atoms with E-state index >= 15 is 0 Å². The summed E-state index contributed by atoms with van der Waals surface area (Å²) < 4.78 is 0. The van der Waals surface area contributed by atoms with Crippen LogP contribution in [0.3, 0.4) is 0 Å². The van der Waals surface area contributed by atoms with Crippen LogP contribution in [0.15, 0.2) is 0 Å². The summed E-state index contributed by atoms with van der Waals surface area (Å²) in [4.78, 5) is 21.1. The zero-order valence-corrected chi connectivity index (χ0v) is 9.99. The fourth-order valence-electron chi connectivity index (χ4n) is 0.824. The van der Waals surface area contributed by atoms with E-state index in [1.165, 1.54) is 0 Å². The van der Waals surface area contributed by atoms with E-state index in [0.29, 0.717) is 12.8 Å². The molecule has 0 saturated carbocycles. The van der Waals surface area contributed by atoms with Crippen LogP contribution >= 0.6 is 21.6 Å². The average Bonchev–Trinajstić information content (AvgIpc) is 1.98. The number of hydrogen-bond acceptors (Lipinski definition) is 4. The predicted octanol–water partition coefficient (Wildman–Crippen LogP) is 0.896. The predicted molar refractivity (Wildman–Crippen MR) is 61.7 cm³/mol. The van der Waals surface area contributed by atoms with E-state index in [0.717, 1.165) is 0 Å². The highest BCUT2D eigenvalue weighted by Gasteiger charge is 2.11. The molecular weight excluding hydrogens is 220 g/mol. The SMILES string of the molecule is CC(CC(N)=O)SSC(C)CC(N)=O. The van der Waals surface area contributed by atoms with Gasteiger partial charge in [-0.3, -0.25) is 9.59 Å². The van der Waals surface area contributed by atoms with E-state index in [4.69, 9.17) is 11.5 Å². The molecule has 0 aromatic heterocycles. The molecule has 0 bridgehead atoms. The van der Waals surface area contributed by atoms with Crippen LogP contribution in [-0.2, 0) is 9.59 Å². The number of carbonyl (C=O) groups is 2. The van der Waals surface area contributed by atoms with Crippen molar-refractivity contribution in [3.63, 3.8) is 0 Å². The smallest absolute Gasteiger partial charge is 0.218 e. The first kappa shape index (κ1) is 13.6. The van der Waals surface area contributed by atoms with Gasteiger partial charge < -0.3 is 11.5 Å². The molecule has 0 aliphatic heterocycles. The van der Waals surface area contributed by atoms with Gasteiger partial charge in [0.2, 0.25) is 11.8 Å². The van der Waals surface area contributed by atoms with Gasteiger partial charge in [0.1, 0.15) is 0 Å². The highest BCUT2D eigenvalue weighted by Crippen LogP contribution is 2.33. The molecule has 14 heavy (non-hydrogen) atoms. The maximum absolute atomic E-state index is 10.6. The third-order valence-electron chi connectivity index (χ3n) is 1.36. The van der Waals surface area contributed by atoms with Crippen molar-refractivity contribution >= 4 is 33.4 Å². The Bertz CT molecular complexity index is 190. The van der Waals surface area contributed by atoms with Crippen molar-refractivity contribution < 1.29 is 9.59 Å². The summed E-state index contributed by atoms with van der Waals surface area (Å²) in [6.07, 6.45) is 0.724. The molecule has 0 radical (unpaired) electrons. The molecule has 4 nitrogen and oxygen atoms in total. The lowest BCUT2D eigenvalue weighted by Gasteiger charge is -2.11. The summed E-state index contributed by atoms with van der Waals surface area (Å²) in [5.74, 6) is -0.596. The second-order valence-corrected chi connectivity index (χ2v) is 6.30. The number of carbonyl (C=O) groups excluding carboxylic acids is 2. The standard InChI is InChI=1S/C8H16N2O2S2/c1-5(3-7(9)11)13-14-6(2)4-8(10)12/h5-6H,3-4H2,1-2H3,(H2,9,11)(H2,10,12). The number of nitrogens with two attached hydrogens (primary N) is 2. The van der Waals surface area contributed by atoms with Crippen LogP contribution in [0, 0.1) is 0 Å². The van der Waals surface area contributed by atoms with E-state index in [9.17, 15) is 9.59 Å². The van der Waals surface area contributed by atoms with E-state index < -0.39 is 0 Å². The highest BCUT2D eigenvalue weighted by atomic mass is 33.1. The number of primary amides is 2. The van der Waals surface area contributed by atoms with Gasteiger partial charge in [0, 0.05) is 23.3 Å². The van der Waals surface area contributed by atoms with E-state index in [1.807, 2.05) is 13.8 Å². The third-order valence-corrected chi connectivity index (χ3v) is 4.77. The fraction of sp³-hybridized carbons (Fsp3) is 0.750. The van der Waals surface area contributed by atoms with Crippen molar-refractivity contribution in [3.8, 4) is 0 Å². The minimum atomic E-state index is -0.298. The molecule has 0 aromatic carbocycles. The molecule has 82 valence electrons. The van der Waals surface area contributed by atoms with Gasteiger partial charge in [-0.2, -0.15) is 0 Å². The Balaban J connectivity index is 3.60. The molecule has 0 heterocycles. The fourth-order valence-corrected chi connectivity index (χ4v) is 3.21. The van der Waals surface area contributed by atoms with Crippen molar-refractivity contribution in [1.29, 1.82) is 0 Å². The van der Waals surface area contributed by atoms with E-state index in [-0.39, 0.29) is 22.3 Å². The van der Waals surface area contributed by atoms with Crippen molar-refractivity contribution in [1.82, 2.24) is 0 Å². The first-order valence-corrected chi connectivity index (χ1v) is 6.58. The molecular formula is C8H16N2O2S2. The number of rotatable bonds is 7. The lowest BCUT2D eigenvalue weighted by atomic mass is 10.3. The van der Waals surface area contributed by atoms with Crippen LogP contribution in [-0.4, -0.2) is 22.3 Å². The van der Waals surface area contributed by atoms with Gasteiger partial charge in [-0.05, 0) is 0 Å². The second kappa shape index (κ2) is 7.00. The molecule has 2 amide bonds. The Hall–Kier alpha value is -0.360. The Morgan fingerprint density at radius 3 is 1.50 bits per heavy atom. The van der Waals surface area contributed by atoms with E-state index in [2.05, 4.69) is 0 Å². The lowest BCUT2D eigenvalue weighted by molar-refractivity contribution is -0.118. The summed E-state index contributed by atoms with van der Waals surface area (Å²) in [5, 5.41) is 0.348. The molecule has 4 N–H and O–H groups in total. The van der Waals surface area contributed by atoms with Gasteiger partial charge in [0.05, 0.1) is 0 Å². The zero-order valence-electron chi connectivity index (χ0n) is 8.36. The third kappa shape index (κ3) is 8.25.